The van der Waals surface area contributed by atoms with Gasteiger partial charge in [-0.2, -0.15) is 0 Å². The van der Waals surface area contributed by atoms with Gasteiger partial charge in [-0.05, 0) is 24.7 Å². The van der Waals surface area contributed by atoms with Crippen LogP contribution in [-0.4, -0.2) is 59.4 Å². The van der Waals surface area contributed by atoms with Gasteiger partial charge < -0.3 is 14.9 Å². The molecule has 6 heteroatoms. The van der Waals surface area contributed by atoms with E-state index in [1.807, 2.05) is 0 Å². The maximum Gasteiger partial charge on any atom is 0.306 e. The Morgan fingerprint density at radius 1 is 1.18 bits per heavy atom. The number of aliphatic carboxylic acids is 1. The Morgan fingerprint density at radius 2 is 1.73 bits per heavy atom. The number of amides is 2. The zero-order valence-corrected chi connectivity index (χ0v) is 14.1. The number of likely N-dealkylation sites (N-methyl/N-ethyl adjacent to an activating group) is 1. The maximum atomic E-state index is 12.2. The Labute approximate surface area is 132 Å². The summed E-state index contributed by atoms with van der Waals surface area (Å²) in [4.78, 5) is 38.2. The first-order valence-corrected chi connectivity index (χ1v) is 7.84. The third-order valence-corrected chi connectivity index (χ3v) is 4.08. The standard InChI is InChI=1S/C16H28N2O4/c1-16(2,3)8-5-13(19)17(4)11-14(20)18-9-6-12(7-10-18)15(21)22/h12H,5-11H2,1-4H3,(H,21,22). The Kier molecular flexibility index (Phi) is 6.38. The molecule has 0 aromatic rings. The van der Waals surface area contributed by atoms with Crippen molar-refractivity contribution in [2.45, 2.75) is 46.5 Å². The van der Waals surface area contributed by atoms with Gasteiger partial charge in [-0.1, -0.05) is 20.8 Å². The van der Waals surface area contributed by atoms with Crippen LogP contribution in [-0.2, 0) is 14.4 Å². The number of carboxylic acid groups (broad SMARTS) is 1. The predicted octanol–water partition coefficient (Wildman–Crippen LogP) is 1.59. The summed E-state index contributed by atoms with van der Waals surface area (Å²) >= 11 is 0. The van der Waals surface area contributed by atoms with Crippen molar-refractivity contribution >= 4 is 17.8 Å². The van der Waals surface area contributed by atoms with E-state index in [9.17, 15) is 14.4 Å². The lowest BCUT2D eigenvalue weighted by Gasteiger charge is -2.31. The van der Waals surface area contributed by atoms with Crippen LogP contribution in [0.5, 0.6) is 0 Å². The highest BCUT2D eigenvalue weighted by Crippen LogP contribution is 2.21. The summed E-state index contributed by atoms with van der Waals surface area (Å²) in [5, 5.41) is 8.95. The molecule has 0 unspecified atom stereocenters. The fraction of sp³-hybridized carbons (Fsp3) is 0.812. The Balaban J connectivity index is 2.38. The van der Waals surface area contributed by atoms with Crippen LogP contribution in [0.2, 0.25) is 0 Å². The van der Waals surface area contributed by atoms with Crippen molar-refractivity contribution in [3.63, 3.8) is 0 Å². The van der Waals surface area contributed by atoms with E-state index in [0.29, 0.717) is 32.4 Å². The van der Waals surface area contributed by atoms with Crippen LogP contribution >= 0.6 is 0 Å². The normalized spacial score (nSPS) is 16.5. The largest absolute Gasteiger partial charge is 0.481 e. The first kappa shape index (κ1) is 18.5. The molecule has 2 amide bonds. The van der Waals surface area contributed by atoms with Gasteiger partial charge in [-0.15, -0.1) is 0 Å². The first-order valence-electron chi connectivity index (χ1n) is 7.84. The molecule has 0 radical (unpaired) electrons. The molecule has 0 spiro atoms. The van der Waals surface area contributed by atoms with Crippen LogP contribution in [0.1, 0.15) is 46.5 Å². The summed E-state index contributed by atoms with van der Waals surface area (Å²) in [5.74, 6) is -1.27. The van der Waals surface area contributed by atoms with Crippen molar-refractivity contribution in [1.29, 1.82) is 0 Å². The second-order valence-corrected chi connectivity index (χ2v) is 7.30. The van der Waals surface area contributed by atoms with Crippen LogP contribution < -0.4 is 0 Å². The van der Waals surface area contributed by atoms with Gasteiger partial charge in [0.05, 0.1) is 12.5 Å². The van der Waals surface area contributed by atoms with E-state index >= 15 is 0 Å². The average Bonchev–Trinajstić information content (AvgIpc) is 2.43. The van der Waals surface area contributed by atoms with Crippen molar-refractivity contribution in [2.75, 3.05) is 26.7 Å². The number of hydrogen-bond donors (Lipinski definition) is 1. The molecule has 1 heterocycles. The van der Waals surface area contributed by atoms with Crippen LogP contribution in [0.4, 0.5) is 0 Å². The van der Waals surface area contributed by atoms with Crippen molar-refractivity contribution in [3.05, 3.63) is 0 Å². The third kappa shape index (κ3) is 6.03. The van der Waals surface area contributed by atoms with Gasteiger partial charge in [-0.25, -0.2) is 0 Å². The quantitative estimate of drug-likeness (QED) is 0.836. The molecule has 0 atom stereocenters. The van der Waals surface area contributed by atoms with E-state index in [2.05, 4.69) is 20.8 Å². The third-order valence-electron chi connectivity index (χ3n) is 4.08. The number of likely N-dealkylation sites (tertiary alicyclic amines) is 1. The Bertz CT molecular complexity index is 420. The molecule has 1 rings (SSSR count). The Morgan fingerprint density at radius 3 is 2.18 bits per heavy atom. The molecule has 0 aliphatic carbocycles. The molecular weight excluding hydrogens is 284 g/mol. The molecule has 1 aliphatic heterocycles. The van der Waals surface area contributed by atoms with Gasteiger partial charge in [0, 0.05) is 26.6 Å². The summed E-state index contributed by atoms with van der Waals surface area (Å²) in [6, 6.07) is 0. The van der Waals surface area contributed by atoms with Crippen LogP contribution in [0, 0.1) is 11.3 Å². The SMILES string of the molecule is CN(CC(=O)N1CCC(C(=O)O)CC1)C(=O)CCC(C)(C)C. The Hall–Kier alpha value is -1.59. The number of piperidine rings is 1. The van der Waals surface area contributed by atoms with E-state index in [1.54, 1.807) is 11.9 Å². The minimum absolute atomic E-state index is 0.0244. The lowest BCUT2D eigenvalue weighted by Crippen LogP contribution is -2.45. The first-order chi connectivity index (χ1) is 10.1. The van der Waals surface area contributed by atoms with Crippen LogP contribution in [0.25, 0.3) is 0 Å². The van der Waals surface area contributed by atoms with Gasteiger partial charge in [-0.3, -0.25) is 14.4 Å². The van der Waals surface area contributed by atoms with Crippen LogP contribution in [0.15, 0.2) is 0 Å². The zero-order valence-electron chi connectivity index (χ0n) is 14.1. The average molecular weight is 312 g/mol. The molecule has 1 N–H and O–H groups in total. The van der Waals surface area contributed by atoms with Crippen LogP contribution in [0.3, 0.4) is 0 Å². The molecule has 0 saturated carbocycles. The summed E-state index contributed by atoms with van der Waals surface area (Å²) in [5.41, 5.74) is 0.0965. The number of carbonyl (C=O) groups excluding carboxylic acids is 2. The molecule has 6 nitrogen and oxygen atoms in total. The topological polar surface area (TPSA) is 77.9 Å². The molecule has 1 saturated heterocycles. The second-order valence-electron chi connectivity index (χ2n) is 7.30. The number of carboxylic acids is 1. The van der Waals surface area contributed by atoms with Gasteiger partial charge in [0.1, 0.15) is 0 Å². The van der Waals surface area contributed by atoms with Gasteiger partial charge in [0.2, 0.25) is 11.8 Å². The molecule has 22 heavy (non-hydrogen) atoms. The molecule has 1 fully saturated rings. The van der Waals surface area contributed by atoms with Crippen molar-refractivity contribution < 1.29 is 19.5 Å². The number of hydrogen-bond acceptors (Lipinski definition) is 3. The molecule has 0 bridgehead atoms. The minimum atomic E-state index is -0.790. The summed E-state index contributed by atoms with van der Waals surface area (Å²) in [6.07, 6.45) is 2.20. The van der Waals surface area contributed by atoms with Crippen molar-refractivity contribution in [2.24, 2.45) is 11.3 Å². The molecule has 0 aromatic carbocycles. The summed E-state index contributed by atoms with van der Waals surface area (Å²) in [7, 11) is 1.65. The zero-order chi connectivity index (χ0) is 16.9. The smallest absolute Gasteiger partial charge is 0.306 e. The van der Waals surface area contributed by atoms with E-state index in [-0.39, 0.29) is 29.7 Å². The predicted molar refractivity (Wildman–Crippen MR) is 83.3 cm³/mol. The van der Waals surface area contributed by atoms with Gasteiger partial charge >= 0.3 is 5.97 Å². The lowest BCUT2D eigenvalue weighted by atomic mass is 9.90. The lowest BCUT2D eigenvalue weighted by molar-refractivity contribution is -0.146. The highest BCUT2D eigenvalue weighted by atomic mass is 16.4. The molecule has 126 valence electrons. The van der Waals surface area contributed by atoms with Gasteiger partial charge in [0.15, 0.2) is 0 Å². The van der Waals surface area contributed by atoms with E-state index in [1.165, 1.54) is 4.90 Å². The van der Waals surface area contributed by atoms with Crippen molar-refractivity contribution in [3.8, 4) is 0 Å². The number of rotatable bonds is 5. The fourth-order valence-electron chi connectivity index (χ4n) is 2.44. The molecule has 1 aliphatic rings. The highest BCUT2D eigenvalue weighted by Gasteiger charge is 2.28. The maximum absolute atomic E-state index is 12.2. The highest BCUT2D eigenvalue weighted by molar-refractivity contribution is 5.84. The summed E-state index contributed by atoms with van der Waals surface area (Å²) in [6.45, 7) is 7.23. The number of carbonyl (C=O) groups is 3. The molecule has 0 aromatic heterocycles. The fourth-order valence-corrected chi connectivity index (χ4v) is 2.44. The summed E-state index contributed by atoms with van der Waals surface area (Å²) < 4.78 is 0. The van der Waals surface area contributed by atoms with Gasteiger partial charge in [0.25, 0.3) is 0 Å². The molecular formula is C16H28N2O4. The van der Waals surface area contributed by atoms with E-state index < -0.39 is 5.97 Å². The minimum Gasteiger partial charge on any atom is -0.481 e. The van der Waals surface area contributed by atoms with Crippen molar-refractivity contribution in [1.82, 2.24) is 9.80 Å². The number of nitrogens with zero attached hydrogens (tertiary/aromatic N) is 2. The second kappa shape index (κ2) is 7.61. The monoisotopic (exact) mass is 312 g/mol. The van der Waals surface area contributed by atoms with E-state index in [0.717, 1.165) is 6.42 Å². The van der Waals surface area contributed by atoms with E-state index in [4.69, 9.17) is 5.11 Å².